The normalized spacial score (nSPS) is 17.6. The van der Waals surface area contributed by atoms with Crippen molar-refractivity contribution in [1.29, 1.82) is 0 Å². The lowest BCUT2D eigenvalue weighted by atomic mass is 9.98. The predicted octanol–water partition coefficient (Wildman–Crippen LogP) is 1.30. The highest BCUT2D eigenvalue weighted by molar-refractivity contribution is 7.99. The van der Waals surface area contributed by atoms with Crippen molar-refractivity contribution in [1.82, 2.24) is 15.5 Å². The van der Waals surface area contributed by atoms with Crippen molar-refractivity contribution in [2.75, 3.05) is 25.4 Å². The van der Waals surface area contributed by atoms with Gasteiger partial charge >= 0.3 is 12.0 Å². The fraction of sp³-hybridized carbons (Fsp3) is 0.474. The minimum atomic E-state index is -0.856. The van der Waals surface area contributed by atoms with E-state index >= 15 is 0 Å². The Morgan fingerprint density at radius 1 is 1.18 bits per heavy atom. The van der Waals surface area contributed by atoms with E-state index in [-0.39, 0.29) is 5.91 Å². The van der Waals surface area contributed by atoms with Gasteiger partial charge in [0.05, 0.1) is 0 Å². The fourth-order valence-electron chi connectivity index (χ4n) is 3.39. The first-order valence-electron chi connectivity index (χ1n) is 9.24. The number of rotatable bonds is 8. The van der Waals surface area contributed by atoms with Crippen molar-refractivity contribution >= 4 is 35.6 Å². The third kappa shape index (κ3) is 4.83. The van der Waals surface area contributed by atoms with Gasteiger partial charge in [0, 0.05) is 17.2 Å². The monoisotopic (exact) mass is 405 g/mol. The Morgan fingerprint density at radius 2 is 1.89 bits per heavy atom. The minimum absolute atomic E-state index is 0.380. The molecule has 1 saturated heterocycles. The molecule has 9 heteroatoms. The molecule has 0 aromatic heterocycles. The van der Waals surface area contributed by atoms with Crippen LogP contribution in [0, 0.1) is 0 Å². The van der Waals surface area contributed by atoms with Crippen LogP contribution in [0.5, 0.6) is 0 Å². The molecule has 1 heterocycles. The van der Waals surface area contributed by atoms with Crippen molar-refractivity contribution in [3.63, 3.8) is 0 Å². The van der Waals surface area contributed by atoms with Crippen LogP contribution in [-0.2, 0) is 19.1 Å². The molecule has 150 valence electrons. The molecular formula is C19H23N3O5S. The largest absolute Gasteiger partial charge is 0.454 e. The maximum absolute atomic E-state index is 12.5. The average molecular weight is 405 g/mol. The number of urea groups is 1. The molecule has 2 aliphatic rings. The van der Waals surface area contributed by atoms with E-state index in [1.54, 1.807) is 11.8 Å². The number of imide groups is 1. The molecule has 0 atom stereocenters. The van der Waals surface area contributed by atoms with Gasteiger partial charge < -0.3 is 15.4 Å². The molecular weight excluding hydrogens is 382 g/mol. The van der Waals surface area contributed by atoms with Gasteiger partial charge in [0.2, 0.25) is 0 Å². The summed E-state index contributed by atoms with van der Waals surface area (Å²) < 4.78 is 4.90. The van der Waals surface area contributed by atoms with Crippen LogP contribution >= 0.6 is 11.8 Å². The molecule has 2 fully saturated rings. The van der Waals surface area contributed by atoms with Crippen molar-refractivity contribution in [2.24, 2.45) is 0 Å². The Bertz CT molecular complexity index is 749. The second kappa shape index (κ2) is 9.09. The summed E-state index contributed by atoms with van der Waals surface area (Å²) in [5.41, 5.74) is -0.856. The number of nitrogens with one attached hydrogen (secondary N) is 2. The van der Waals surface area contributed by atoms with Gasteiger partial charge in [-0.25, -0.2) is 4.79 Å². The zero-order valence-corrected chi connectivity index (χ0v) is 16.3. The van der Waals surface area contributed by atoms with E-state index in [9.17, 15) is 19.2 Å². The zero-order chi connectivity index (χ0) is 20.0. The number of carbonyl (C=O) groups is 4. The Hall–Kier alpha value is -2.55. The number of benzene rings is 1. The first kappa shape index (κ1) is 20.2. The number of esters is 1. The molecule has 28 heavy (non-hydrogen) atoms. The van der Waals surface area contributed by atoms with Crippen LogP contribution in [-0.4, -0.2) is 59.7 Å². The third-order valence-corrected chi connectivity index (χ3v) is 5.80. The molecule has 2 N–H and O–H groups in total. The van der Waals surface area contributed by atoms with E-state index in [0.717, 1.165) is 22.6 Å². The Kier molecular flexibility index (Phi) is 6.56. The van der Waals surface area contributed by atoms with Crippen LogP contribution in [0.15, 0.2) is 35.2 Å². The van der Waals surface area contributed by atoms with E-state index < -0.39 is 36.6 Å². The number of carbonyl (C=O) groups excluding carboxylic acids is 4. The molecule has 1 spiro atoms. The summed E-state index contributed by atoms with van der Waals surface area (Å²) in [5, 5.41) is 5.36. The van der Waals surface area contributed by atoms with Gasteiger partial charge in [-0.2, -0.15) is 0 Å². The van der Waals surface area contributed by atoms with Crippen LogP contribution in [0.25, 0.3) is 0 Å². The molecule has 1 aliphatic carbocycles. The maximum Gasteiger partial charge on any atom is 0.326 e. The molecule has 1 aliphatic heterocycles. The SMILES string of the molecule is O=C(COC(=O)CN1C(=O)NC2(CCCC2)C1=O)NCCSc1ccccc1. The van der Waals surface area contributed by atoms with E-state index in [1.807, 2.05) is 30.3 Å². The molecule has 4 amide bonds. The molecule has 1 saturated carbocycles. The number of nitrogens with zero attached hydrogens (tertiary/aromatic N) is 1. The van der Waals surface area contributed by atoms with Gasteiger partial charge in [-0.1, -0.05) is 31.0 Å². The summed E-state index contributed by atoms with van der Waals surface area (Å²) in [6, 6.07) is 9.22. The number of ether oxygens (including phenoxy) is 1. The molecule has 0 radical (unpaired) electrons. The molecule has 1 aromatic rings. The first-order valence-corrected chi connectivity index (χ1v) is 10.2. The number of amides is 4. The van der Waals surface area contributed by atoms with Crippen LogP contribution in [0.4, 0.5) is 4.79 Å². The van der Waals surface area contributed by atoms with Gasteiger partial charge in [-0.15, -0.1) is 11.8 Å². The molecule has 1 aromatic carbocycles. The van der Waals surface area contributed by atoms with E-state index in [2.05, 4.69) is 10.6 Å². The van der Waals surface area contributed by atoms with Crippen LogP contribution in [0.3, 0.4) is 0 Å². The summed E-state index contributed by atoms with van der Waals surface area (Å²) in [6.45, 7) is -0.487. The van der Waals surface area contributed by atoms with Crippen LogP contribution in [0.1, 0.15) is 25.7 Å². The fourth-order valence-corrected chi connectivity index (χ4v) is 4.17. The van der Waals surface area contributed by atoms with Gasteiger partial charge in [-0.3, -0.25) is 19.3 Å². The van der Waals surface area contributed by atoms with Crippen LogP contribution in [0.2, 0.25) is 0 Å². The Morgan fingerprint density at radius 3 is 2.61 bits per heavy atom. The highest BCUT2D eigenvalue weighted by Crippen LogP contribution is 2.34. The highest BCUT2D eigenvalue weighted by Gasteiger charge is 2.52. The maximum atomic E-state index is 12.5. The van der Waals surface area contributed by atoms with Crippen molar-refractivity contribution in [3.05, 3.63) is 30.3 Å². The highest BCUT2D eigenvalue weighted by atomic mass is 32.2. The van der Waals surface area contributed by atoms with E-state index in [1.165, 1.54) is 0 Å². The van der Waals surface area contributed by atoms with Gasteiger partial charge in [0.25, 0.3) is 11.8 Å². The van der Waals surface area contributed by atoms with E-state index in [4.69, 9.17) is 4.74 Å². The Balaban J connectivity index is 1.34. The minimum Gasteiger partial charge on any atom is -0.454 e. The van der Waals surface area contributed by atoms with E-state index in [0.29, 0.717) is 25.1 Å². The molecule has 0 bridgehead atoms. The third-order valence-electron chi connectivity index (χ3n) is 4.79. The standard InChI is InChI=1S/C19H23N3O5S/c23-15(20-10-11-28-14-6-2-1-3-7-14)13-27-16(24)12-22-17(25)19(21-18(22)26)8-4-5-9-19/h1-3,6-7H,4-5,8-13H2,(H,20,23)(H,21,26). The molecule has 8 nitrogen and oxygen atoms in total. The van der Waals surface area contributed by atoms with Gasteiger partial charge in [-0.05, 0) is 25.0 Å². The number of hydrogen-bond donors (Lipinski definition) is 2. The van der Waals surface area contributed by atoms with Gasteiger partial charge in [0.15, 0.2) is 6.61 Å². The summed E-state index contributed by atoms with van der Waals surface area (Å²) in [5.74, 6) is -0.901. The summed E-state index contributed by atoms with van der Waals surface area (Å²) in [6.07, 6.45) is 2.92. The second-order valence-corrected chi connectivity index (χ2v) is 7.95. The topological polar surface area (TPSA) is 105 Å². The lowest BCUT2D eigenvalue weighted by Gasteiger charge is -2.19. The second-order valence-electron chi connectivity index (χ2n) is 6.78. The first-order chi connectivity index (χ1) is 13.5. The van der Waals surface area contributed by atoms with Gasteiger partial charge in [0.1, 0.15) is 12.1 Å². The van der Waals surface area contributed by atoms with Crippen LogP contribution < -0.4 is 10.6 Å². The predicted molar refractivity (Wildman–Crippen MR) is 103 cm³/mol. The summed E-state index contributed by atoms with van der Waals surface area (Å²) in [4.78, 5) is 50.2. The number of thioether (sulfide) groups is 1. The van der Waals surface area contributed by atoms with Crippen molar-refractivity contribution in [3.8, 4) is 0 Å². The zero-order valence-electron chi connectivity index (χ0n) is 15.4. The lowest BCUT2D eigenvalue weighted by Crippen LogP contribution is -2.44. The summed E-state index contributed by atoms with van der Waals surface area (Å²) in [7, 11) is 0. The lowest BCUT2D eigenvalue weighted by molar-refractivity contribution is -0.151. The van der Waals surface area contributed by atoms with Crippen molar-refractivity contribution in [2.45, 2.75) is 36.1 Å². The number of hydrogen-bond acceptors (Lipinski definition) is 6. The molecule has 3 rings (SSSR count). The van der Waals surface area contributed by atoms with Crippen molar-refractivity contribution < 1.29 is 23.9 Å². The Labute approximate surface area is 167 Å². The average Bonchev–Trinajstić information content (AvgIpc) is 3.25. The smallest absolute Gasteiger partial charge is 0.326 e. The summed E-state index contributed by atoms with van der Waals surface area (Å²) >= 11 is 1.61. The molecule has 0 unspecified atom stereocenters. The quantitative estimate of drug-likeness (QED) is 0.292.